The average molecular weight is 838 g/mol. The number of amides is 7. The third kappa shape index (κ3) is 13.6. The van der Waals surface area contributed by atoms with Gasteiger partial charge in [-0.3, -0.25) is 44.0 Å². The molecule has 0 aliphatic carbocycles. The van der Waals surface area contributed by atoms with Crippen molar-refractivity contribution in [3.63, 3.8) is 0 Å². The fourth-order valence-corrected chi connectivity index (χ4v) is 5.57. The largest absolute Gasteiger partial charge is 0.481 e. The van der Waals surface area contributed by atoms with Crippen LogP contribution < -0.4 is 21.4 Å². The van der Waals surface area contributed by atoms with E-state index in [1.807, 2.05) is 5.43 Å². The van der Waals surface area contributed by atoms with Crippen LogP contribution in [0.4, 0.5) is 9.59 Å². The molecule has 4 rings (SSSR count). The maximum atomic E-state index is 13.5. The number of benzene rings is 1. The number of furan rings is 1. The second-order valence-corrected chi connectivity index (χ2v) is 13.6. The maximum absolute atomic E-state index is 13.5. The number of hydrazine groups is 1. The molecule has 7 amide bonds. The lowest BCUT2D eigenvalue weighted by Crippen LogP contribution is -2.61. The number of imide groups is 1. The molecule has 2 unspecified atom stereocenters. The molecule has 60 heavy (non-hydrogen) atoms. The summed E-state index contributed by atoms with van der Waals surface area (Å²) < 4.78 is 15.7. The Labute approximate surface area is 341 Å². The van der Waals surface area contributed by atoms with Gasteiger partial charge in [-0.2, -0.15) is 0 Å². The summed E-state index contributed by atoms with van der Waals surface area (Å²) in [6.07, 6.45) is -4.03. The highest BCUT2D eigenvalue weighted by atomic mass is 16.6. The lowest BCUT2D eigenvalue weighted by Gasteiger charge is -2.27. The van der Waals surface area contributed by atoms with Gasteiger partial charge in [0.2, 0.25) is 11.8 Å². The summed E-state index contributed by atoms with van der Waals surface area (Å²) in [5.41, 5.74) is 3.16. The van der Waals surface area contributed by atoms with Crippen molar-refractivity contribution in [2.75, 3.05) is 0 Å². The summed E-state index contributed by atoms with van der Waals surface area (Å²) in [4.78, 5) is 120. The van der Waals surface area contributed by atoms with Gasteiger partial charge >= 0.3 is 24.1 Å². The Morgan fingerprint density at radius 3 is 2.02 bits per heavy atom. The van der Waals surface area contributed by atoms with E-state index >= 15 is 0 Å². The Balaban J connectivity index is 1.42. The molecule has 1 fully saturated rings. The molecule has 1 saturated heterocycles. The third-order valence-electron chi connectivity index (χ3n) is 8.70. The van der Waals surface area contributed by atoms with Crippen molar-refractivity contribution < 1.29 is 72.4 Å². The van der Waals surface area contributed by atoms with Gasteiger partial charge in [0.05, 0.1) is 19.2 Å². The van der Waals surface area contributed by atoms with Gasteiger partial charge in [0.1, 0.15) is 30.5 Å². The molecule has 1 aliphatic heterocycles. The Kier molecular flexibility index (Phi) is 16.2. The summed E-state index contributed by atoms with van der Waals surface area (Å²) in [5, 5.41) is 35.1. The van der Waals surface area contributed by atoms with E-state index in [4.69, 9.17) is 13.9 Å². The molecule has 0 spiro atoms. The molecule has 2 aromatic heterocycles. The second kappa shape index (κ2) is 21.4. The number of carboxylic acids is 2. The highest BCUT2D eigenvalue weighted by Crippen LogP contribution is 2.28. The number of nitrogens with zero attached hydrogens (tertiary/aromatic N) is 3. The maximum Gasteiger partial charge on any atom is 0.433 e. The quantitative estimate of drug-likeness (QED) is 0.0610. The topological polar surface area (TPSA) is 317 Å². The summed E-state index contributed by atoms with van der Waals surface area (Å²) in [5.74, 6) is -8.98. The van der Waals surface area contributed by atoms with Crippen molar-refractivity contribution in [2.24, 2.45) is 5.92 Å². The highest BCUT2D eigenvalue weighted by Gasteiger charge is 2.55. The number of pyridine rings is 1. The van der Waals surface area contributed by atoms with E-state index in [1.54, 1.807) is 54.6 Å². The molecule has 0 saturated carbocycles. The average Bonchev–Trinajstić information content (AvgIpc) is 3.84. The van der Waals surface area contributed by atoms with Crippen molar-refractivity contribution in [1.82, 2.24) is 36.3 Å². The predicted molar refractivity (Wildman–Crippen MR) is 200 cm³/mol. The molecule has 1 aromatic carbocycles. The minimum atomic E-state index is -1.97. The second-order valence-electron chi connectivity index (χ2n) is 13.6. The van der Waals surface area contributed by atoms with Crippen LogP contribution in [-0.2, 0) is 62.7 Å². The molecular formula is C38H43N7O15. The number of rotatable bonds is 20. The van der Waals surface area contributed by atoms with Gasteiger partial charge in [0.15, 0.2) is 12.2 Å². The van der Waals surface area contributed by atoms with Crippen molar-refractivity contribution in [3.05, 3.63) is 90.1 Å². The summed E-state index contributed by atoms with van der Waals surface area (Å²) in [6, 6.07) is 9.77. The van der Waals surface area contributed by atoms with Crippen molar-refractivity contribution >= 4 is 53.7 Å². The first-order chi connectivity index (χ1) is 28.5. The minimum absolute atomic E-state index is 0.0317. The Morgan fingerprint density at radius 1 is 0.750 bits per heavy atom. The van der Waals surface area contributed by atoms with Gasteiger partial charge in [-0.15, -0.1) is 5.01 Å². The number of ether oxygens (including phenoxy) is 2. The Hall–Kier alpha value is -7.36. The van der Waals surface area contributed by atoms with Crippen LogP contribution in [-0.4, -0.2) is 114 Å². The van der Waals surface area contributed by atoms with Gasteiger partial charge in [-0.05, 0) is 47.7 Å². The van der Waals surface area contributed by atoms with Crippen LogP contribution in [0.3, 0.4) is 0 Å². The summed E-state index contributed by atoms with van der Waals surface area (Å²) >= 11 is 0. The number of aromatic nitrogens is 1. The summed E-state index contributed by atoms with van der Waals surface area (Å²) in [7, 11) is 0. The van der Waals surface area contributed by atoms with Crippen LogP contribution in [0.15, 0.2) is 77.7 Å². The van der Waals surface area contributed by atoms with Crippen LogP contribution >= 0.6 is 0 Å². The van der Waals surface area contributed by atoms with Crippen LogP contribution in [0.1, 0.15) is 50.0 Å². The molecule has 7 N–H and O–H groups in total. The van der Waals surface area contributed by atoms with E-state index in [2.05, 4.69) is 20.9 Å². The van der Waals surface area contributed by atoms with Crippen LogP contribution in [0.25, 0.3) is 0 Å². The predicted octanol–water partition coefficient (Wildman–Crippen LogP) is 0.769. The van der Waals surface area contributed by atoms with E-state index in [1.165, 1.54) is 37.4 Å². The van der Waals surface area contributed by atoms with Crippen LogP contribution in [0, 0.1) is 5.92 Å². The first-order valence-corrected chi connectivity index (χ1v) is 18.3. The first-order valence-electron chi connectivity index (χ1n) is 18.3. The van der Waals surface area contributed by atoms with Gasteiger partial charge in [-0.1, -0.05) is 44.2 Å². The zero-order chi connectivity index (χ0) is 43.9. The van der Waals surface area contributed by atoms with Gasteiger partial charge in [0, 0.05) is 25.4 Å². The molecule has 1 aliphatic rings. The van der Waals surface area contributed by atoms with E-state index in [-0.39, 0.29) is 24.7 Å². The standard InChI is InChI=1S/C38H43N7O15/c1-21(2)29(42-32(50)25(10-11-27(46)47)40-33(51)26(17-28(48)49)41-37(55)59-20-23-7-4-3-5-8-23)34(52)43-45(38(56)57)36(54)31-30(60-31)35(53)44(19-24-9-6-16-58-24)18-22-12-14-39-15-13-22/h3-9,12-16,21,25-26,29-31H,10-11,17-20H2,1-2H3,(H,40,51)(H,41,55)(H,42,50)(H,43,52)(H,46,47)(H,48,49)(H,56,57)/t25-,26-,29-,30?,31?/m0/s1. The fourth-order valence-electron chi connectivity index (χ4n) is 5.57. The van der Waals surface area contributed by atoms with Crippen molar-refractivity contribution in [3.8, 4) is 0 Å². The smallest absolute Gasteiger partial charge is 0.433 e. The molecular weight excluding hydrogens is 794 g/mol. The lowest BCUT2D eigenvalue weighted by molar-refractivity contribution is -0.142. The van der Waals surface area contributed by atoms with E-state index < -0.39 is 109 Å². The molecule has 0 bridgehead atoms. The molecule has 5 atom stereocenters. The zero-order valence-corrected chi connectivity index (χ0v) is 32.2. The number of hydrogen-bond donors (Lipinski definition) is 7. The normalized spacial score (nSPS) is 15.6. The SMILES string of the molecule is CC(C)[C@H](NC(=O)[C@H](CCC(=O)O)NC(=O)[C@H](CC(=O)O)NC(=O)OCc1ccccc1)C(=O)NN(C(=O)O)C(=O)C1OC1C(=O)N(Cc1ccncc1)Cc1ccco1. The van der Waals surface area contributed by atoms with Crippen molar-refractivity contribution in [1.29, 1.82) is 0 Å². The van der Waals surface area contributed by atoms with Gasteiger partial charge in [0.25, 0.3) is 17.7 Å². The number of nitrogens with one attached hydrogen (secondary N) is 4. The number of carbonyl (C=O) groups is 9. The number of alkyl carbamates (subject to hydrolysis) is 1. The molecule has 3 heterocycles. The number of hydrogen-bond acceptors (Lipinski definition) is 13. The number of epoxide rings is 1. The fraction of sp³-hybridized carbons (Fsp3) is 0.368. The van der Waals surface area contributed by atoms with E-state index in [0.717, 1.165) is 0 Å². The Bertz CT molecular complexity index is 2010. The zero-order valence-electron chi connectivity index (χ0n) is 32.2. The summed E-state index contributed by atoms with van der Waals surface area (Å²) in [6.45, 7) is 2.65. The molecule has 320 valence electrons. The van der Waals surface area contributed by atoms with Crippen LogP contribution in [0.5, 0.6) is 0 Å². The lowest BCUT2D eigenvalue weighted by atomic mass is 10.0. The van der Waals surface area contributed by atoms with Crippen LogP contribution in [0.2, 0.25) is 0 Å². The molecule has 22 heteroatoms. The number of carbonyl (C=O) groups excluding carboxylic acids is 6. The highest BCUT2D eigenvalue weighted by molar-refractivity contribution is 6.02. The number of carboxylic acid groups (broad SMARTS) is 3. The first kappa shape index (κ1) is 45.3. The minimum Gasteiger partial charge on any atom is -0.481 e. The van der Waals surface area contributed by atoms with Crippen molar-refractivity contribution in [2.45, 2.75) is 83.1 Å². The monoisotopic (exact) mass is 837 g/mol. The van der Waals surface area contributed by atoms with E-state index in [0.29, 0.717) is 16.9 Å². The third-order valence-corrected chi connectivity index (χ3v) is 8.70. The van der Waals surface area contributed by atoms with Gasteiger partial charge in [-0.25, -0.2) is 9.59 Å². The number of aliphatic carboxylic acids is 2. The molecule has 22 nitrogen and oxygen atoms in total. The molecule has 3 aromatic rings. The molecule has 0 radical (unpaired) electrons. The Morgan fingerprint density at radius 2 is 1.42 bits per heavy atom. The van der Waals surface area contributed by atoms with Gasteiger partial charge < -0.3 is 50.1 Å². The van der Waals surface area contributed by atoms with E-state index in [9.17, 15) is 58.5 Å².